The zero-order valence-electron chi connectivity index (χ0n) is 16.7. The third-order valence-corrected chi connectivity index (χ3v) is 6.82. The zero-order valence-corrected chi connectivity index (χ0v) is 19.0. The third kappa shape index (κ3) is 4.77. The molecule has 1 aromatic carbocycles. The van der Waals surface area contributed by atoms with E-state index in [1.54, 1.807) is 11.8 Å². The van der Waals surface area contributed by atoms with Crippen LogP contribution >= 0.6 is 35.0 Å². The molecule has 0 radical (unpaired) electrons. The maximum atomic E-state index is 11.3. The maximum Gasteiger partial charge on any atom is 0.343 e. The van der Waals surface area contributed by atoms with Crippen molar-refractivity contribution in [3.63, 3.8) is 0 Å². The van der Waals surface area contributed by atoms with Gasteiger partial charge in [0.05, 0.1) is 10.7 Å². The molecular formula is C22H21Cl2NO4S. The summed E-state index contributed by atoms with van der Waals surface area (Å²) in [6.07, 6.45) is 6.24. The SMILES string of the molecule is CN1C(=CC=C2CC(C)(C)CC(C=C(C(=O)O)C(=O)O)=C2Cl)Sc2cc(Cl)ccc21. The number of anilines is 1. The summed E-state index contributed by atoms with van der Waals surface area (Å²) < 4.78 is 0. The van der Waals surface area contributed by atoms with Crippen molar-refractivity contribution in [1.82, 2.24) is 0 Å². The fourth-order valence-electron chi connectivity index (χ4n) is 3.56. The van der Waals surface area contributed by atoms with Crippen molar-refractivity contribution in [3.8, 4) is 0 Å². The minimum atomic E-state index is -1.49. The first-order valence-corrected chi connectivity index (χ1v) is 10.7. The summed E-state index contributed by atoms with van der Waals surface area (Å²) in [4.78, 5) is 25.7. The smallest absolute Gasteiger partial charge is 0.343 e. The lowest BCUT2D eigenvalue weighted by molar-refractivity contribution is -0.140. The number of allylic oxidation sites excluding steroid dienone is 6. The highest BCUT2D eigenvalue weighted by Crippen LogP contribution is 2.47. The normalized spacial score (nSPS) is 20.5. The van der Waals surface area contributed by atoms with E-state index in [1.165, 1.54) is 6.08 Å². The molecule has 1 aliphatic heterocycles. The lowest BCUT2D eigenvalue weighted by atomic mass is 9.74. The molecule has 0 spiro atoms. The van der Waals surface area contributed by atoms with E-state index < -0.39 is 17.5 Å². The molecule has 0 fully saturated rings. The molecular weight excluding hydrogens is 445 g/mol. The Bertz CT molecular complexity index is 1040. The van der Waals surface area contributed by atoms with Crippen molar-refractivity contribution in [3.05, 3.63) is 68.2 Å². The number of aliphatic carboxylic acids is 2. The molecule has 0 saturated carbocycles. The number of hydrogen-bond donors (Lipinski definition) is 2. The van der Waals surface area contributed by atoms with Crippen LogP contribution in [-0.4, -0.2) is 29.2 Å². The molecule has 1 aromatic rings. The van der Waals surface area contributed by atoms with Crippen LogP contribution in [-0.2, 0) is 9.59 Å². The summed E-state index contributed by atoms with van der Waals surface area (Å²) in [5, 5.41) is 20.4. The van der Waals surface area contributed by atoms with Crippen LogP contribution in [0.4, 0.5) is 5.69 Å². The number of carboxylic acids is 2. The first-order chi connectivity index (χ1) is 14.0. The van der Waals surface area contributed by atoms with Crippen LogP contribution in [0.1, 0.15) is 26.7 Å². The van der Waals surface area contributed by atoms with Crippen molar-refractivity contribution in [2.75, 3.05) is 11.9 Å². The molecule has 3 rings (SSSR count). The second-order valence-electron chi connectivity index (χ2n) is 8.00. The summed E-state index contributed by atoms with van der Waals surface area (Å²) >= 11 is 14.3. The van der Waals surface area contributed by atoms with Gasteiger partial charge >= 0.3 is 11.9 Å². The van der Waals surface area contributed by atoms with Gasteiger partial charge in [-0.1, -0.05) is 54.9 Å². The molecule has 1 heterocycles. The fourth-order valence-corrected chi connectivity index (χ4v) is 5.14. The van der Waals surface area contributed by atoms with Gasteiger partial charge < -0.3 is 15.1 Å². The first-order valence-electron chi connectivity index (χ1n) is 9.18. The van der Waals surface area contributed by atoms with Gasteiger partial charge in [0.2, 0.25) is 0 Å². The Morgan fingerprint density at radius 2 is 1.80 bits per heavy atom. The van der Waals surface area contributed by atoms with Crippen molar-refractivity contribution >= 4 is 52.6 Å². The summed E-state index contributed by atoms with van der Waals surface area (Å²) in [6, 6.07) is 5.74. The molecule has 0 amide bonds. The summed E-state index contributed by atoms with van der Waals surface area (Å²) in [7, 11) is 1.97. The minimum Gasteiger partial charge on any atom is -0.477 e. The molecule has 0 atom stereocenters. The third-order valence-electron chi connectivity index (χ3n) is 4.94. The summed E-state index contributed by atoms with van der Waals surface area (Å²) in [5.74, 6) is -2.98. The predicted molar refractivity (Wildman–Crippen MR) is 121 cm³/mol. The Labute approximate surface area is 189 Å². The van der Waals surface area contributed by atoms with Gasteiger partial charge in [-0.25, -0.2) is 9.59 Å². The number of rotatable bonds is 4. The second kappa shape index (κ2) is 8.53. The van der Waals surface area contributed by atoms with Gasteiger partial charge in [0.1, 0.15) is 5.57 Å². The van der Waals surface area contributed by atoms with Crippen LogP contribution in [0, 0.1) is 5.41 Å². The quantitative estimate of drug-likeness (QED) is 0.319. The molecule has 30 heavy (non-hydrogen) atoms. The summed E-state index contributed by atoms with van der Waals surface area (Å²) in [6.45, 7) is 4.08. The second-order valence-corrected chi connectivity index (χ2v) is 9.87. The average molecular weight is 466 g/mol. The number of benzene rings is 1. The van der Waals surface area contributed by atoms with Crippen molar-refractivity contribution in [2.45, 2.75) is 31.6 Å². The highest BCUT2D eigenvalue weighted by Gasteiger charge is 2.30. The van der Waals surface area contributed by atoms with E-state index in [0.29, 0.717) is 28.5 Å². The van der Waals surface area contributed by atoms with E-state index in [4.69, 9.17) is 23.2 Å². The van der Waals surface area contributed by atoms with E-state index in [2.05, 4.69) is 4.90 Å². The number of fused-ring (bicyclic) bond motifs is 1. The molecule has 0 saturated heterocycles. The highest BCUT2D eigenvalue weighted by atomic mass is 35.5. The number of halogens is 2. The molecule has 0 aromatic heterocycles. The van der Waals surface area contributed by atoms with Crippen LogP contribution in [0.2, 0.25) is 5.02 Å². The van der Waals surface area contributed by atoms with Gasteiger partial charge in [-0.3, -0.25) is 0 Å². The monoisotopic (exact) mass is 465 g/mol. The molecule has 2 aliphatic rings. The Balaban J connectivity index is 1.99. The molecule has 158 valence electrons. The van der Waals surface area contributed by atoms with Crippen LogP contribution in [0.5, 0.6) is 0 Å². The molecule has 0 unspecified atom stereocenters. The number of hydrogen-bond acceptors (Lipinski definition) is 4. The minimum absolute atomic E-state index is 0.193. The van der Waals surface area contributed by atoms with Gasteiger partial charge in [-0.15, -0.1) is 0 Å². The Kier molecular flexibility index (Phi) is 6.41. The number of thioether (sulfide) groups is 1. The zero-order chi connectivity index (χ0) is 22.2. The predicted octanol–water partition coefficient (Wildman–Crippen LogP) is 6.06. The van der Waals surface area contributed by atoms with Crippen molar-refractivity contribution < 1.29 is 19.8 Å². The maximum absolute atomic E-state index is 11.3. The van der Waals surface area contributed by atoms with Crippen LogP contribution < -0.4 is 4.90 Å². The van der Waals surface area contributed by atoms with E-state index >= 15 is 0 Å². The largest absolute Gasteiger partial charge is 0.477 e. The molecule has 0 bridgehead atoms. The number of carbonyl (C=O) groups is 2. The summed E-state index contributed by atoms with van der Waals surface area (Å²) in [5.41, 5.74) is 1.53. The van der Waals surface area contributed by atoms with Gasteiger partial charge in [-0.2, -0.15) is 0 Å². The van der Waals surface area contributed by atoms with E-state index in [1.807, 2.05) is 51.2 Å². The standard InChI is InChI=1S/C22H21Cl2NO4S/c1-22(2)10-12(19(24)13(11-22)8-15(20(26)27)21(28)29)4-7-18-25(3)16-6-5-14(23)9-17(16)30-18/h4-9H,10-11H2,1-3H3,(H,26,27)(H,28,29). The van der Waals surface area contributed by atoms with E-state index in [0.717, 1.165) is 21.2 Å². The fraction of sp³-hybridized carbons (Fsp3) is 0.273. The highest BCUT2D eigenvalue weighted by molar-refractivity contribution is 8.03. The van der Waals surface area contributed by atoms with Gasteiger partial charge in [0, 0.05) is 22.0 Å². The van der Waals surface area contributed by atoms with Gasteiger partial charge in [0.15, 0.2) is 0 Å². The molecule has 2 N–H and O–H groups in total. The van der Waals surface area contributed by atoms with Crippen LogP contribution in [0.25, 0.3) is 0 Å². The Hall–Kier alpha value is -2.15. The van der Waals surface area contributed by atoms with E-state index in [9.17, 15) is 19.8 Å². The molecule has 8 heteroatoms. The molecule has 5 nitrogen and oxygen atoms in total. The number of carboxylic acid groups (broad SMARTS) is 2. The van der Waals surface area contributed by atoms with Crippen LogP contribution in [0.15, 0.2) is 68.1 Å². The Morgan fingerprint density at radius 1 is 1.13 bits per heavy atom. The Morgan fingerprint density at radius 3 is 2.43 bits per heavy atom. The van der Waals surface area contributed by atoms with Gasteiger partial charge in [0.25, 0.3) is 0 Å². The van der Waals surface area contributed by atoms with Crippen molar-refractivity contribution in [2.24, 2.45) is 5.41 Å². The molecule has 1 aliphatic carbocycles. The number of nitrogens with zero attached hydrogens (tertiary/aromatic N) is 1. The van der Waals surface area contributed by atoms with Crippen molar-refractivity contribution in [1.29, 1.82) is 0 Å². The topological polar surface area (TPSA) is 77.8 Å². The van der Waals surface area contributed by atoms with E-state index in [-0.39, 0.29) is 5.41 Å². The lowest BCUT2D eigenvalue weighted by Crippen LogP contribution is -2.20. The lowest BCUT2D eigenvalue weighted by Gasteiger charge is -2.32. The average Bonchev–Trinajstić information content (AvgIpc) is 2.95. The first kappa shape index (κ1) is 22.5. The van der Waals surface area contributed by atoms with Crippen LogP contribution in [0.3, 0.4) is 0 Å². The van der Waals surface area contributed by atoms with Gasteiger partial charge in [-0.05, 0) is 59.8 Å².